The van der Waals surface area contributed by atoms with Gasteiger partial charge in [0.2, 0.25) is 5.91 Å². The molecule has 3 N–H and O–H groups in total. The SMILES string of the molecule is O=C(CCc1ccccc1O)NC1(C(=O)O)CCCC1. The number of hydrogen-bond acceptors (Lipinski definition) is 3. The maximum atomic E-state index is 11.9. The molecule has 0 aromatic heterocycles. The molecule has 1 fully saturated rings. The van der Waals surface area contributed by atoms with Crippen LogP contribution in [0.3, 0.4) is 0 Å². The lowest BCUT2D eigenvalue weighted by Crippen LogP contribution is -2.52. The van der Waals surface area contributed by atoms with Gasteiger partial charge >= 0.3 is 5.97 Å². The Bertz CT molecular complexity index is 506. The Balaban J connectivity index is 1.92. The topological polar surface area (TPSA) is 86.6 Å². The van der Waals surface area contributed by atoms with Crippen molar-refractivity contribution in [2.24, 2.45) is 0 Å². The molecular formula is C15H19NO4. The maximum absolute atomic E-state index is 11.9. The third-order valence-corrected chi connectivity index (χ3v) is 3.86. The summed E-state index contributed by atoms with van der Waals surface area (Å²) in [6, 6.07) is 6.84. The van der Waals surface area contributed by atoms with Crippen molar-refractivity contribution in [1.82, 2.24) is 5.32 Å². The number of para-hydroxylation sites is 1. The van der Waals surface area contributed by atoms with E-state index in [0.717, 1.165) is 12.8 Å². The Labute approximate surface area is 117 Å². The second kappa shape index (κ2) is 5.94. The van der Waals surface area contributed by atoms with Gasteiger partial charge in [-0.15, -0.1) is 0 Å². The number of amides is 1. The lowest BCUT2D eigenvalue weighted by atomic mass is 9.97. The summed E-state index contributed by atoms with van der Waals surface area (Å²) in [6.45, 7) is 0. The molecule has 1 aromatic carbocycles. The normalized spacial score (nSPS) is 16.8. The van der Waals surface area contributed by atoms with Crippen molar-refractivity contribution in [3.8, 4) is 5.75 Å². The average molecular weight is 277 g/mol. The number of hydrogen-bond donors (Lipinski definition) is 3. The summed E-state index contributed by atoms with van der Waals surface area (Å²) in [5.41, 5.74) is -0.394. The summed E-state index contributed by atoms with van der Waals surface area (Å²) < 4.78 is 0. The first-order valence-electron chi connectivity index (χ1n) is 6.85. The Morgan fingerprint density at radius 1 is 1.20 bits per heavy atom. The van der Waals surface area contributed by atoms with Crippen LogP contribution in [0.1, 0.15) is 37.7 Å². The number of nitrogens with one attached hydrogen (secondary N) is 1. The number of carboxylic acid groups (broad SMARTS) is 1. The third-order valence-electron chi connectivity index (χ3n) is 3.86. The first kappa shape index (κ1) is 14.4. The zero-order valence-electron chi connectivity index (χ0n) is 11.3. The van der Waals surface area contributed by atoms with Gasteiger partial charge in [0.1, 0.15) is 11.3 Å². The summed E-state index contributed by atoms with van der Waals surface area (Å²) in [5, 5.41) is 21.6. The Morgan fingerprint density at radius 3 is 2.45 bits per heavy atom. The first-order valence-corrected chi connectivity index (χ1v) is 6.85. The van der Waals surface area contributed by atoms with Crippen LogP contribution in [0.2, 0.25) is 0 Å². The molecule has 1 aliphatic carbocycles. The number of phenols is 1. The van der Waals surface area contributed by atoms with Gasteiger partial charge in [-0.2, -0.15) is 0 Å². The van der Waals surface area contributed by atoms with Gasteiger partial charge in [0.25, 0.3) is 0 Å². The van der Waals surface area contributed by atoms with E-state index in [4.69, 9.17) is 0 Å². The Kier molecular flexibility index (Phi) is 4.27. The van der Waals surface area contributed by atoms with E-state index < -0.39 is 11.5 Å². The third kappa shape index (κ3) is 3.10. The largest absolute Gasteiger partial charge is 0.508 e. The van der Waals surface area contributed by atoms with Gasteiger partial charge in [0, 0.05) is 6.42 Å². The van der Waals surface area contributed by atoms with Crippen LogP contribution >= 0.6 is 0 Å². The molecule has 1 saturated carbocycles. The van der Waals surface area contributed by atoms with E-state index in [0.29, 0.717) is 24.8 Å². The number of rotatable bonds is 5. The van der Waals surface area contributed by atoms with Crippen molar-refractivity contribution >= 4 is 11.9 Å². The molecule has 0 spiro atoms. The molecule has 5 heteroatoms. The molecule has 108 valence electrons. The van der Waals surface area contributed by atoms with E-state index in [2.05, 4.69) is 5.32 Å². The molecule has 0 radical (unpaired) electrons. The predicted octanol–water partition coefficient (Wildman–Crippen LogP) is 1.84. The number of aliphatic carboxylic acids is 1. The van der Waals surface area contributed by atoms with Crippen molar-refractivity contribution in [1.29, 1.82) is 0 Å². The highest BCUT2D eigenvalue weighted by Gasteiger charge is 2.42. The van der Waals surface area contributed by atoms with Crippen LogP contribution in [0.15, 0.2) is 24.3 Å². The molecule has 0 saturated heterocycles. The van der Waals surface area contributed by atoms with Gasteiger partial charge in [-0.3, -0.25) is 4.79 Å². The van der Waals surface area contributed by atoms with Gasteiger partial charge in [-0.25, -0.2) is 4.79 Å². The lowest BCUT2D eigenvalue weighted by molar-refractivity contribution is -0.147. The highest BCUT2D eigenvalue weighted by molar-refractivity contribution is 5.87. The van der Waals surface area contributed by atoms with E-state index in [1.54, 1.807) is 24.3 Å². The molecule has 1 aromatic rings. The van der Waals surface area contributed by atoms with E-state index in [-0.39, 0.29) is 18.1 Å². The molecule has 1 aliphatic rings. The molecule has 0 bridgehead atoms. The fourth-order valence-electron chi connectivity index (χ4n) is 2.67. The van der Waals surface area contributed by atoms with Crippen LogP contribution in [0.25, 0.3) is 0 Å². The van der Waals surface area contributed by atoms with Crippen LogP contribution in [0, 0.1) is 0 Å². The van der Waals surface area contributed by atoms with Crippen LogP contribution in [-0.4, -0.2) is 27.6 Å². The first-order chi connectivity index (χ1) is 9.53. The fraction of sp³-hybridized carbons (Fsp3) is 0.467. The van der Waals surface area contributed by atoms with Gasteiger partial charge < -0.3 is 15.5 Å². The zero-order valence-corrected chi connectivity index (χ0v) is 11.3. The monoisotopic (exact) mass is 277 g/mol. The summed E-state index contributed by atoms with van der Waals surface area (Å²) >= 11 is 0. The second-order valence-electron chi connectivity index (χ2n) is 5.27. The predicted molar refractivity (Wildman–Crippen MR) is 73.4 cm³/mol. The van der Waals surface area contributed by atoms with E-state index in [1.807, 2.05) is 0 Å². The molecule has 0 aliphatic heterocycles. The lowest BCUT2D eigenvalue weighted by Gasteiger charge is -2.25. The van der Waals surface area contributed by atoms with Crippen molar-refractivity contribution in [2.75, 3.05) is 0 Å². The highest BCUT2D eigenvalue weighted by atomic mass is 16.4. The van der Waals surface area contributed by atoms with E-state index >= 15 is 0 Å². The van der Waals surface area contributed by atoms with Gasteiger partial charge in [0.15, 0.2) is 0 Å². The minimum atomic E-state index is -1.09. The standard InChI is InChI=1S/C15H19NO4/c17-12-6-2-1-5-11(12)7-8-13(18)16-15(14(19)20)9-3-4-10-15/h1-2,5-6,17H,3-4,7-10H2,(H,16,18)(H,19,20). The molecule has 0 unspecified atom stereocenters. The molecule has 5 nitrogen and oxygen atoms in total. The van der Waals surface area contributed by atoms with E-state index in [1.165, 1.54) is 0 Å². The number of carbonyl (C=O) groups excluding carboxylic acids is 1. The van der Waals surface area contributed by atoms with Crippen molar-refractivity contribution in [3.05, 3.63) is 29.8 Å². The van der Waals surface area contributed by atoms with Crippen LogP contribution in [-0.2, 0) is 16.0 Å². The minimum Gasteiger partial charge on any atom is -0.508 e. The fourth-order valence-corrected chi connectivity index (χ4v) is 2.67. The molecular weight excluding hydrogens is 258 g/mol. The van der Waals surface area contributed by atoms with Crippen LogP contribution in [0.4, 0.5) is 0 Å². The highest BCUT2D eigenvalue weighted by Crippen LogP contribution is 2.30. The minimum absolute atomic E-state index is 0.161. The number of aryl methyl sites for hydroxylation is 1. The summed E-state index contributed by atoms with van der Waals surface area (Å²) in [4.78, 5) is 23.3. The smallest absolute Gasteiger partial charge is 0.329 e. The quantitative estimate of drug-likeness (QED) is 0.766. The Hall–Kier alpha value is -2.04. The summed E-state index contributed by atoms with van der Waals surface area (Å²) in [7, 11) is 0. The van der Waals surface area contributed by atoms with Gasteiger partial charge in [-0.05, 0) is 30.9 Å². The molecule has 1 amide bonds. The summed E-state index contributed by atoms with van der Waals surface area (Å²) in [5.74, 6) is -1.07. The number of benzene rings is 1. The number of carboxylic acids is 1. The van der Waals surface area contributed by atoms with Gasteiger partial charge in [0.05, 0.1) is 0 Å². The molecule has 2 rings (SSSR count). The average Bonchev–Trinajstić information content (AvgIpc) is 2.88. The molecule has 0 atom stereocenters. The summed E-state index contributed by atoms with van der Waals surface area (Å²) in [6.07, 6.45) is 3.20. The van der Waals surface area contributed by atoms with Crippen molar-refractivity contribution in [2.45, 2.75) is 44.1 Å². The zero-order chi connectivity index (χ0) is 14.6. The van der Waals surface area contributed by atoms with Crippen molar-refractivity contribution in [3.63, 3.8) is 0 Å². The van der Waals surface area contributed by atoms with Crippen LogP contribution < -0.4 is 5.32 Å². The second-order valence-corrected chi connectivity index (χ2v) is 5.27. The number of aromatic hydroxyl groups is 1. The van der Waals surface area contributed by atoms with E-state index in [9.17, 15) is 19.8 Å². The number of carbonyl (C=O) groups is 2. The van der Waals surface area contributed by atoms with Crippen molar-refractivity contribution < 1.29 is 19.8 Å². The van der Waals surface area contributed by atoms with Crippen LogP contribution in [0.5, 0.6) is 5.75 Å². The molecule has 0 heterocycles. The molecule has 20 heavy (non-hydrogen) atoms. The Morgan fingerprint density at radius 2 is 1.85 bits per heavy atom. The van der Waals surface area contributed by atoms with Gasteiger partial charge in [-0.1, -0.05) is 31.0 Å². The maximum Gasteiger partial charge on any atom is 0.329 e. The number of phenolic OH excluding ortho intramolecular Hbond substituents is 1.